The van der Waals surface area contributed by atoms with Crippen LogP contribution in [0, 0.1) is 20.8 Å². The third-order valence-electron chi connectivity index (χ3n) is 6.23. The van der Waals surface area contributed by atoms with Crippen LogP contribution in [0.1, 0.15) is 71.4 Å². The number of H-pyrrole nitrogens is 1. The lowest BCUT2D eigenvalue weighted by Gasteiger charge is -2.10. The summed E-state index contributed by atoms with van der Waals surface area (Å²) in [7, 11) is 0. The van der Waals surface area contributed by atoms with Gasteiger partial charge in [-0.1, -0.05) is 18.9 Å². The minimum absolute atomic E-state index is 0.102. The molecule has 0 spiro atoms. The maximum Gasteiger partial charge on any atom is 0.255 e. The molecule has 0 aliphatic rings. The molecule has 11 heteroatoms. The molecule has 3 aromatic rings. The van der Waals surface area contributed by atoms with E-state index in [1.807, 2.05) is 26.0 Å². The minimum atomic E-state index is -0.406. The van der Waals surface area contributed by atoms with E-state index < -0.39 is 5.91 Å². The number of hydroxylamine groups is 1. The molecule has 0 aliphatic heterocycles. The first-order valence-electron chi connectivity index (χ1n) is 12.5. The summed E-state index contributed by atoms with van der Waals surface area (Å²) in [5.74, 6) is -0.861. The van der Waals surface area contributed by atoms with Crippen molar-refractivity contribution in [2.24, 2.45) is 0 Å². The summed E-state index contributed by atoms with van der Waals surface area (Å²) in [5, 5.41) is 18.5. The van der Waals surface area contributed by atoms with Gasteiger partial charge in [-0.05, 0) is 63.4 Å². The van der Waals surface area contributed by atoms with Crippen molar-refractivity contribution in [1.29, 1.82) is 0 Å². The predicted molar refractivity (Wildman–Crippen MR) is 142 cm³/mol. The van der Waals surface area contributed by atoms with E-state index in [2.05, 4.69) is 20.7 Å². The third kappa shape index (κ3) is 7.62. The fourth-order valence-corrected chi connectivity index (χ4v) is 4.18. The van der Waals surface area contributed by atoms with Crippen LogP contribution in [0.2, 0.25) is 0 Å². The molecule has 11 nitrogen and oxygen atoms in total. The van der Waals surface area contributed by atoms with Crippen molar-refractivity contribution in [3.63, 3.8) is 0 Å². The summed E-state index contributed by atoms with van der Waals surface area (Å²) in [4.78, 5) is 51.2. The van der Waals surface area contributed by atoms with E-state index in [0.717, 1.165) is 24.1 Å². The van der Waals surface area contributed by atoms with E-state index in [1.165, 1.54) is 6.20 Å². The molecular formula is C27H34N6O5. The number of rotatable bonds is 12. The standard InChI is InChI=1S/C27H34N6O5/c1-17-13-18(2)30-27(37)22(17)15-28-26(36)23-16-29-33(19(23)3)21-10-8-9-20(14-21)31-24(34)11-6-4-5-7-12-25(35)32-38/h8-10,13-14,16,38H,4-7,11-12,15H2,1-3H3,(H,28,36)(H,30,37)(H,31,34)(H,32,35). The molecule has 0 saturated heterocycles. The first-order valence-corrected chi connectivity index (χ1v) is 12.5. The van der Waals surface area contributed by atoms with Crippen LogP contribution in [0.25, 0.3) is 5.69 Å². The van der Waals surface area contributed by atoms with Gasteiger partial charge in [0.2, 0.25) is 11.8 Å². The van der Waals surface area contributed by atoms with Gasteiger partial charge in [-0.25, -0.2) is 10.2 Å². The van der Waals surface area contributed by atoms with E-state index in [-0.39, 0.29) is 30.3 Å². The Labute approximate surface area is 220 Å². The van der Waals surface area contributed by atoms with Crippen LogP contribution in [-0.4, -0.2) is 37.7 Å². The monoisotopic (exact) mass is 522 g/mol. The molecule has 3 rings (SSSR count). The maximum absolute atomic E-state index is 12.8. The molecule has 0 bridgehead atoms. The zero-order chi connectivity index (χ0) is 27.7. The average Bonchev–Trinajstić information content (AvgIpc) is 3.26. The van der Waals surface area contributed by atoms with Gasteiger partial charge in [0.05, 0.1) is 23.1 Å². The Morgan fingerprint density at radius 3 is 2.39 bits per heavy atom. The van der Waals surface area contributed by atoms with Crippen molar-refractivity contribution in [3.8, 4) is 5.69 Å². The van der Waals surface area contributed by atoms with Gasteiger partial charge in [-0.3, -0.25) is 24.4 Å². The molecule has 2 aromatic heterocycles. The Kier molecular flexibility index (Phi) is 9.94. The molecule has 3 amide bonds. The maximum atomic E-state index is 12.8. The van der Waals surface area contributed by atoms with Gasteiger partial charge in [-0.15, -0.1) is 0 Å². The quantitative estimate of drug-likeness (QED) is 0.140. The molecule has 5 N–H and O–H groups in total. The second-order valence-corrected chi connectivity index (χ2v) is 9.23. The number of unbranched alkanes of at least 4 members (excludes halogenated alkanes) is 3. The fraction of sp³-hybridized carbons (Fsp3) is 0.370. The number of carbonyl (C=O) groups is 3. The number of aryl methyl sites for hydroxylation is 2. The molecule has 0 saturated carbocycles. The number of aromatic amines is 1. The van der Waals surface area contributed by atoms with Crippen molar-refractivity contribution >= 4 is 23.4 Å². The minimum Gasteiger partial charge on any atom is -0.348 e. The van der Waals surface area contributed by atoms with Crippen LogP contribution in [-0.2, 0) is 16.1 Å². The lowest BCUT2D eigenvalue weighted by atomic mass is 10.1. The highest BCUT2D eigenvalue weighted by molar-refractivity contribution is 5.95. The average molecular weight is 523 g/mol. The summed E-state index contributed by atoms with van der Waals surface area (Å²) >= 11 is 0. The van der Waals surface area contributed by atoms with E-state index in [4.69, 9.17) is 5.21 Å². The van der Waals surface area contributed by atoms with Crippen molar-refractivity contribution in [1.82, 2.24) is 25.6 Å². The predicted octanol–water partition coefficient (Wildman–Crippen LogP) is 3.20. The molecule has 38 heavy (non-hydrogen) atoms. The van der Waals surface area contributed by atoms with Crippen LogP contribution in [0.4, 0.5) is 5.69 Å². The fourth-order valence-electron chi connectivity index (χ4n) is 4.18. The van der Waals surface area contributed by atoms with Crippen LogP contribution in [0.5, 0.6) is 0 Å². The summed E-state index contributed by atoms with van der Waals surface area (Å²) in [5.41, 5.74) is 5.77. The first kappa shape index (κ1) is 28.3. The Morgan fingerprint density at radius 1 is 1.00 bits per heavy atom. The third-order valence-corrected chi connectivity index (χ3v) is 6.23. The van der Waals surface area contributed by atoms with Crippen molar-refractivity contribution in [2.45, 2.75) is 65.8 Å². The van der Waals surface area contributed by atoms with Crippen molar-refractivity contribution in [3.05, 3.63) is 75.0 Å². The Bertz CT molecular complexity index is 1360. The normalized spacial score (nSPS) is 10.7. The van der Waals surface area contributed by atoms with Gasteiger partial charge in [0, 0.05) is 36.3 Å². The molecule has 0 unspecified atom stereocenters. The number of carbonyl (C=O) groups excluding carboxylic acids is 3. The summed E-state index contributed by atoms with van der Waals surface area (Å²) < 4.78 is 1.62. The number of nitrogens with one attached hydrogen (secondary N) is 4. The lowest BCUT2D eigenvalue weighted by molar-refractivity contribution is -0.129. The number of pyridine rings is 1. The number of benzene rings is 1. The van der Waals surface area contributed by atoms with Crippen molar-refractivity contribution < 1.29 is 19.6 Å². The van der Waals surface area contributed by atoms with Gasteiger partial charge in [0.15, 0.2) is 0 Å². The second-order valence-electron chi connectivity index (χ2n) is 9.23. The molecule has 2 heterocycles. The lowest BCUT2D eigenvalue weighted by Crippen LogP contribution is -2.28. The van der Waals surface area contributed by atoms with Gasteiger partial charge < -0.3 is 15.6 Å². The van der Waals surface area contributed by atoms with E-state index >= 15 is 0 Å². The van der Waals surface area contributed by atoms with Crippen molar-refractivity contribution in [2.75, 3.05) is 5.32 Å². The van der Waals surface area contributed by atoms with Gasteiger partial charge in [0.1, 0.15) is 0 Å². The number of hydrogen-bond donors (Lipinski definition) is 5. The molecule has 0 atom stereocenters. The van der Waals surface area contributed by atoms with Gasteiger partial charge in [-0.2, -0.15) is 5.10 Å². The number of nitrogens with zero attached hydrogens (tertiary/aromatic N) is 2. The summed E-state index contributed by atoms with van der Waals surface area (Å²) in [6.45, 7) is 5.52. The highest BCUT2D eigenvalue weighted by Gasteiger charge is 2.16. The van der Waals surface area contributed by atoms with Crippen LogP contribution >= 0.6 is 0 Å². The van der Waals surface area contributed by atoms with E-state index in [1.54, 1.807) is 35.3 Å². The number of amides is 3. The molecule has 202 valence electrons. The zero-order valence-electron chi connectivity index (χ0n) is 21.9. The Balaban J connectivity index is 1.56. The van der Waals surface area contributed by atoms with Gasteiger partial charge in [0.25, 0.3) is 11.5 Å². The first-order chi connectivity index (χ1) is 18.2. The SMILES string of the molecule is Cc1cc(C)c(CNC(=O)c2cnn(-c3cccc(NC(=O)CCCCCCC(=O)NO)c3)c2C)c(=O)[nH]1. The van der Waals surface area contributed by atoms with E-state index in [0.29, 0.717) is 47.5 Å². The Hall–Kier alpha value is -4.25. The summed E-state index contributed by atoms with van der Waals surface area (Å²) in [6, 6.07) is 9.05. The van der Waals surface area contributed by atoms with E-state index in [9.17, 15) is 19.2 Å². The summed E-state index contributed by atoms with van der Waals surface area (Å²) in [6.07, 6.45) is 5.04. The molecule has 0 fully saturated rings. The largest absolute Gasteiger partial charge is 0.348 e. The van der Waals surface area contributed by atoms with Gasteiger partial charge >= 0.3 is 0 Å². The topological polar surface area (TPSA) is 158 Å². The number of aromatic nitrogens is 3. The second kappa shape index (κ2) is 13.3. The number of hydrogen-bond acceptors (Lipinski definition) is 6. The molecule has 0 radical (unpaired) electrons. The molecule has 1 aromatic carbocycles. The smallest absolute Gasteiger partial charge is 0.255 e. The van der Waals surface area contributed by atoms with Crippen LogP contribution in [0.3, 0.4) is 0 Å². The highest BCUT2D eigenvalue weighted by atomic mass is 16.5. The zero-order valence-corrected chi connectivity index (χ0v) is 21.9. The highest BCUT2D eigenvalue weighted by Crippen LogP contribution is 2.19. The number of anilines is 1. The van der Waals surface area contributed by atoms with Crippen LogP contribution < -0.4 is 21.7 Å². The Morgan fingerprint density at radius 2 is 1.71 bits per heavy atom. The van der Waals surface area contributed by atoms with Crippen LogP contribution in [0.15, 0.2) is 41.3 Å². The molecule has 0 aliphatic carbocycles. The molecular weight excluding hydrogens is 488 g/mol.